The summed E-state index contributed by atoms with van der Waals surface area (Å²) in [5, 5.41) is 0.934. The molecule has 0 unspecified atom stereocenters. The van der Waals surface area contributed by atoms with E-state index in [0.29, 0.717) is 10.8 Å². The number of halogens is 1. The van der Waals surface area contributed by atoms with Crippen LogP contribution in [0.4, 0.5) is 0 Å². The zero-order chi connectivity index (χ0) is 13.2. The van der Waals surface area contributed by atoms with Gasteiger partial charge < -0.3 is 4.72 Å². The first kappa shape index (κ1) is 14.0. The summed E-state index contributed by atoms with van der Waals surface area (Å²) in [6, 6.07) is 6.83. The summed E-state index contributed by atoms with van der Waals surface area (Å²) in [5.74, 6) is 0.562. The molecule has 18 heavy (non-hydrogen) atoms. The maximum atomic E-state index is 12.1. The highest BCUT2D eigenvalue weighted by molar-refractivity contribution is 9.09. The summed E-state index contributed by atoms with van der Waals surface area (Å²) in [5.41, 5.74) is 1.05. The lowest BCUT2D eigenvalue weighted by Crippen LogP contribution is -2.09. The second-order valence-electron chi connectivity index (χ2n) is 4.88. The van der Waals surface area contributed by atoms with Gasteiger partial charge in [-0.2, -0.15) is 0 Å². The first-order valence-corrected chi connectivity index (χ1v) is 8.67. The molecule has 1 aliphatic carbocycles. The molecule has 5 heteroatoms. The van der Waals surface area contributed by atoms with E-state index in [1.54, 1.807) is 24.3 Å². The monoisotopic (exact) mass is 330 g/mol. The van der Waals surface area contributed by atoms with E-state index in [1.807, 2.05) is 6.92 Å². The maximum absolute atomic E-state index is 12.1. The Kier molecular flexibility index (Phi) is 4.45. The fourth-order valence-corrected chi connectivity index (χ4v) is 4.03. The standard InChI is InChI=1S/C13H17BrNO2S/c1-10-2-6-13(7-3-10)18(16,17)15-12-5-4-11(8-12)9-14/h2-3,6-7,11-12H,4-5,8-9H2,1H3/q-1/t11-,12+/m0/s1. The molecule has 1 aliphatic rings. The van der Waals surface area contributed by atoms with E-state index in [9.17, 15) is 8.42 Å². The van der Waals surface area contributed by atoms with E-state index in [1.165, 1.54) is 0 Å². The Morgan fingerprint density at radius 3 is 2.50 bits per heavy atom. The molecule has 1 fully saturated rings. The van der Waals surface area contributed by atoms with Gasteiger partial charge in [-0.3, -0.25) is 0 Å². The number of benzene rings is 1. The highest BCUT2D eigenvalue weighted by Gasteiger charge is 2.20. The minimum atomic E-state index is -3.48. The third kappa shape index (κ3) is 3.33. The van der Waals surface area contributed by atoms with Crippen molar-refractivity contribution in [2.75, 3.05) is 5.33 Å². The highest BCUT2D eigenvalue weighted by Crippen LogP contribution is 2.34. The smallest absolute Gasteiger partial charge is 0.101 e. The Bertz CT molecular complexity index is 498. The molecule has 2 rings (SSSR count). The molecule has 1 saturated carbocycles. The summed E-state index contributed by atoms with van der Waals surface area (Å²) >= 11 is 3.45. The molecule has 0 N–H and O–H groups in total. The van der Waals surface area contributed by atoms with Gasteiger partial charge in [0.1, 0.15) is 10.0 Å². The van der Waals surface area contributed by atoms with Crippen molar-refractivity contribution in [1.82, 2.24) is 0 Å². The van der Waals surface area contributed by atoms with Gasteiger partial charge in [0.25, 0.3) is 0 Å². The van der Waals surface area contributed by atoms with Crippen LogP contribution in [0, 0.1) is 12.8 Å². The molecule has 0 bridgehead atoms. The van der Waals surface area contributed by atoms with Crippen molar-refractivity contribution in [2.24, 2.45) is 5.92 Å². The van der Waals surface area contributed by atoms with Crippen molar-refractivity contribution in [3.8, 4) is 0 Å². The van der Waals surface area contributed by atoms with Crippen LogP contribution in [0.3, 0.4) is 0 Å². The van der Waals surface area contributed by atoms with Crippen molar-refractivity contribution >= 4 is 26.0 Å². The van der Waals surface area contributed by atoms with E-state index < -0.39 is 10.0 Å². The van der Waals surface area contributed by atoms with E-state index in [-0.39, 0.29) is 6.04 Å². The van der Waals surface area contributed by atoms with E-state index >= 15 is 0 Å². The number of hydrogen-bond acceptors (Lipinski definition) is 2. The lowest BCUT2D eigenvalue weighted by atomic mass is 10.1. The summed E-state index contributed by atoms with van der Waals surface area (Å²) in [4.78, 5) is 0.301. The largest absolute Gasteiger partial charge is 0.542 e. The topological polar surface area (TPSA) is 48.2 Å². The first-order chi connectivity index (χ1) is 8.51. The molecule has 0 heterocycles. The normalized spacial score (nSPS) is 24.3. The number of rotatable bonds is 4. The summed E-state index contributed by atoms with van der Waals surface area (Å²) in [6.07, 6.45) is 2.81. The van der Waals surface area contributed by atoms with Gasteiger partial charge in [-0.15, -0.1) is 6.04 Å². The van der Waals surface area contributed by atoms with Crippen molar-refractivity contribution in [2.45, 2.75) is 37.1 Å². The number of nitrogens with zero attached hydrogens (tertiary/aromatic N) is 1. The van der Waals surface area contributed by atoms with Crippen molar-refractivity contribution in [1.29, 1.82) is 0 Å². The Hall–Kier alpha value is -0.390. The molecule has 100 valence electrons. The van der Waals surface area contributed by atoms with Gasteiger partial charge in [-0.1, -0.05) is 52.9 Å². The van der Waals surface area contributed by atoms with Crippen LogP contribution < -0.4 is 0 Å². The quantitative estimate of drug-likeness (QED) is 0.791. The number of aryl methyl sites for hydroxylation is 1. The summed E-state index contributed by atoms with van der Waals surface area (Å²) < 4.78 is 28.3. The predicted octanol–water partition coefficient (Wildman–Crippen LogP) is 3.62. The van der Waals surface area contributed by atoms with Crippen LogP contribution in [0.15, 0.2) is 29.2 Å². The Labute approximate surface area is 117 Å². The molecular formula is C13H17BrNO2S-. The van der Waals surface area contributed by atoms with Gasteiger partial charge in [0, 0.05) is 10.2 Å². The summed E-state index contributed by atoms with van der Waals surface area (Å²) in [6.45, 7) is 1.94. The van der Waals surface area contributed by atoms with Crippen molar-refractivity contribution in [3.05, 3.63) is 34.6 Å². The lowest BCUT2D eigenvalue weighted by molar-refractivity contribution is 0.593. The average Bonchev–Trinajstić information content (AvgIpc) is 2.76. The van der Waals surface area contributed by atoms with Crippen LogP contribution in [0.5, 0.6) is 0 Å². The molecule has 0 aliphatic heterocycles. The predicted molar refractivity (Wildman–Crippen MR) is 76.6 cm³/mol. The van der Waals surface area contributed by atoms with E-state index in [0.717, 1.165) is 30.2 Å². The first-order valence-electron chi connectivity index (χ1n) is 6.11. The average molecular weight is 331 g/mol. The van der Waals surface area contributed by atoms with E-state index in [4.69, 9.17) is 0 Å². The number of sulfonamides is 1. The van der Waals surface area contributed by atoms with Crippen molar-refractivity contribution < 1.29 is 8.42 Å². The van der Waals surface area contributed by atoms with Crippen LogP contribution in [0.1, 0.15) is 24.8 Å². The Morgan fingerprint density at radius 2 is 1.94 bits per heavy atom. The molecule has 0 amide bonds. The van der Waals surface area contributed by atoms with E-state index in [2.05, 4.69) is 20.7 Å². The number of alkyl halides is 1. The van der Waals surface area contributed by atoms with Crippen LogP contribution in [-0.2, 0) is 10.0 Å². The van der Waals surface area contributed by atoms with Crippen LogP contribution in [-0.4, -0.2) is 19.8 Å². The highest BCUT2D eigenvalue weighted by atomic mass is 79.9. The molecular weight excluding hydrogens is 314 g/mol. The third-order valence-corrected chi connectivity index (χ3v) is 5.70. The summed E-state index contributed by atoms with van der Waals surface area (Å²) in [7, 11) is -3.48. The van der Waals surface area contributed by atoms with Crippen LogP contribution in [0.2, 0.25) is 0 Å². The molecule has 1 aromatic rings. The minimum absolute atomic E-state index is 0.0427. The molecule has 0 radical (unpaired) electrons. The molecule has 0 spiro atoms. The van der Waals surface area contributed by atoms with Crippen molar-refractivity contribution in [3.63, 3.8) is 0 Å². The minimum Gasteiger partial charge on any atom is -0.542 e. The molecule has 1 aromatic carbocycles. The zero-order valence-corrected chi connectivity index (χ0v) is 12.7. The van der Waals surface area contributed by atoms with Crippen LogP contribution in [0.25, 0.3) is 4.72 Å². The second-order valence-corrected chi connectivity index (χ2v) is 7.16. The molecule has 3 nitrogen and oxygen atoms in total. The fourth-order valence-electron chi connectivity index (χ4n) is 2.25. The molecule has 0 saturated heterocycles. The number of hydrogen-bond donors (Lipinski definition) is 0. The van der Waals surface area contributed by atoms with Gasteiger partial charge in [0.05, 0.1) is 0 Å². The Balaban J connectivity index is 2.06. The molecule has 2 atom stereocenters. The van der Waals surface area contributed by atoms with Gasteiger partial charge in [-0.05, 0) is 25.0 Å². The lowest BCUT2D eigenvalue weighted by Gasteiger charge is -2.27. The SMILES string of the molecule is Cc1ccc(S(=O)(=O)[N-][C@@H]2CC[C@H](CBr)C2)cc1. The maximum Gasteiger partial charge on any atom is 0.101 e. The second kappa shape index (κ2) is 5.72. The fraction of sp³-hybridized carbons (Fsp3) is 0.538. The third-order valence-electron chi connectivity index (χ3n) is 3.34. The van der Waals surface area contributed by atoms with Gasteiger partial charge in [-0.25, -0.2) is 8.42 Å². The van der Waals surface area contributed by atoms with Gasteiger partial charge in [0.2, 0.25) is 0 Å². The Morgan fingerprint density at radius 1 is 1.28 bits per heavy atom. The van der Waals surface area contributed by atoms with Gasteiger partial charge >= 0.3 is 0 Å². The van der Waals surface area contributed by atoms with Gasteiger partial charge in [0.15, 0.2) is 0 Å². The zero-order valence-electron chi connectivity index (χ0n) is 10.3. The van der Waals surface area contributed by atoms with Crippen LogP contribution >= 0.6 is 15.9 Å². The molecule has 0 aromatic heterocycles.